The molecular formula is C43H61ClN3O3Ru. The van der Waals surface area contributed by atoms with Crippen molar-refractivity contribution < 1.29 is 30.9 Å². The van der Waals surface area contributed by atoms with Crippen LogP contribution in [0.5, 0.6) is 5.75 Å². The number of halogens is 1. The molecule has 0 saturated carbocycles. The summed E-state index contributed by atoms with van der Waals surface area (Å²) in [6.45, 7) is 27.7. The zero-order chi connectivity index (χ0) is 36.3. The number of rotatable bonds is 11. The van der Waals surface area contributed by atoms with Gasteiger partial charge in [-0.05, 0) is 0 Å². The topological polar surface area (TPSA) is 45.2 Å². The van der Waals surface area contributed by atoms with Crippen LogP contribution in [-0.4, -0.2) is 47.8 Å². The first-order valence-corrected chi connectivity index (χ1v) is 20.8. The Hall–Kier alpha value is -2.89. The smallest absolute Gasteiger partial charge is 0.147 e. The Kier molecular flexibility index (Phi) is 14.2. The fourth-order valence-electron chi connectivity index (χ4n) is 7.12. The average molecular weight is 805 g/mol. The van der Waals surface area contributed by atoms with Gasteiger partial charge in [0.2, 0.25) is 0 Å². The molecule has 1 atom stereocenters. The number of hydrogen-bond donors (Lipinski definition) is 0. The van der Waals surface area contributed by atoms with E-state index < -0.39 is 0 Å². The zero-order valence-electron chi connectivity index (χ0n) is 32.7. The molecule has 1 saturated heterocycles. The van der Waals surface area contributed by atoms with E-state index in [4.69, 9.17) is 9.47 Å². The zero-order valence-corrected chi connectivity index (χ0v) is 35.2. The number of benzene rings is 3. The van der Waals surface area contributed by atoms with Crippen LogP contribution in [0.15, 0.2) is 54.6 Å². The van der Waals surface area contributed by atoms with E-state index in [1.165, 1.54) is 33.6 Å². The molecule has 2 heterocycles. The Bertz CT molecular complexity index is 1550. The maximum absolute atomic E-state index is 13.4. The molecule has 1 amide bonds. The van der Waals surface area contributed by atoms with Crippen molar-refractivity contribution in [3.05, 3.63) is 82.4 Å². The molecule has 281 valence electrons. The van der Waals surface area contributed by atoms with E-state index in [1.54, 1.807) is 4.90 Å². The number of carbonyl (C=O) groups excluding carboxylic acids is 1. The molecule has 0 bridgehead atoms. The largest absolute Gasteiger partial charge is 0.147 e. The van der Waals surface area contributed by atoms with Crippen LogP contribution in [0.25, 0.3) is 0 Å². The molecule has 0 N–H and O–H groups in total. The number of nitrogens with zero attached hydrogens (tertiary/aromatic N) is 3. The van der Waals surface area contributed by atoms with E-state index in [1.807, 2.05) is 6.07 Å². The Morgan fingerprint density at radius 2 is 1.25 bits per heavy atom. The first-order chi connectivity index (χ1) is 23.8. The fraction of sp³-hybridized carbons (Fsp3) is 0.535. The van der Waals surface area contributed by atoms with Gasteiger partial charge in [0.25, 0.3) is 0 Å². The van der Waals surface area contributed by atoms with Crippen molar-refractivity contribution in [3.8, 4) is 5.75 Å². The molecule has 0 spiro atoms. The van der Waals surface area contributed by atoms with Crippen LogP contribution in [0.1, 0.15) is 134 Å². The van der Waals surface area contributed by atoms with Gasteiger partial charge in [0.15, 0.2) is 0 Å². The van der Waals surface area contributed by atoms with Gasteiger partial charge in [0.05, 0.1) is 0 Å². The maximum atomic E-state index is 13.4. The summed E-state index contributed by atoms with van der Waals surface area (Å²) >= 11 is -0.338. The second kappa shape index (κ2) is 17.8. The van der Waals surface area contributed by atoms with E-state index in [2.05, 4.69) is 139 Å². The second-order valence-corrected chi connectivity index (χ2v) is 17.5. The summed E-state index contributed by atoms with van der Waals surface area (Å²) in [7, 11) is 0. The number of fused-ring (bicyclic) bond motifs is 1. The van der Waals surface area contributed by atoms with Crippen LogP contribution in [0.4, 0.5) is 21.9 Å². The summed E-state index contributed by atoms with van der Waals surface area (Å²) in [4.78, 5) is 20.6. The molecule has 0 radical (unpaired) electrons. The van der Waals surface area contributed by atoms with Gasteiger partial charge in [-0.1, -0.05) is 0 Å². The van der Waals surface area contributed by atoms with Crippen molar-refractivity contribution in [2.75, 3.05) is 40.9 Å². The van der Waals surface area contributed by atoms with Crippen LogP contribution >= 0.6 is 12.4 Å². The average Bonchev–Trinajstić information content (AvgIpc) is 3.51. The Balaban J connectivity index is 0.00000583. The maximum Gasteiger partial charge on any atom is -0.147 e. The molecule has 0 aromatic heterocycles. The second-order valence-electron chi connectivity index (χ2n) is 15.5. The van der Waals surface area contributed by atoms with Gasteiger partial charge in [-0.25, -0.2) is 0 Å². The predicted molar refractivity (Wildman–Crippen MR) is 215 cm³/mol. The van der Waals surface area contributed by atoms with Gasteiger partial charge in [0, 0.05) is 0 Å². The molecule has 1 unspecified atom stereocenters. The summed E-state index contributed by atoms with van der Waals surface area (Å²) < 4.78 is 15.0. The SMILES string of the molecule is CCC1CN(C(=O)OCC(C)C)c2cccc(/[CH]=[Ru]/[CH]3N(c4c(C(C)C)cccc4C(C)C)CCN3c3c(C(C)C)cccc3C(C)C)c2O1.Cl. The molecular weight excluding hydrogens is 743 g/mol. The summed E-state index contributed by atoms with van der Waals surface area (Å²) in [5.74, 6) is 2.72. The van der Waals surface area contributed by atoms with Crippen molar-refractivity contribution in [3.63, 3.8) is 0 Å². The number of carbonyl (C=O) groups is 1. The Labute approximate surface area is 321 Å². The molecule has 8 heteroatoms. The minimum Gasteiger partial charge on any atom is -0.147 e. The molecule has 1 fully saturated rings. The van der Waals surface area contributed by atoms with E-state index in [0.717, 1.165) is 36.5 Å². The number of amides is 1. The molecule has 0 aliphatic carbocycles. The quantitative estimate of drug-likeness (QED) is 0.181. The van der Waals surface area contributed by atoms with Gasteiger partial charge < -0.3 is 0 Å². The normalized spacial score (nSPS) is 16.7. The summed E-state index contributed by atoms with van der Waals surface area (Å²) in [6.07, 6.45) is 0.433. The van der Waals surface area contributed by atoms with Gasteiger partial charge >= 0.3 is 311 Å². The van der Waals surface area contributed by atoms with Gasteiger partial charge in [-0.2, -0.15) is 0 Å². The molecule has 3 aromatic rings. The van der Waals surface area contributed by atoms with Crippen molar-refractivity contribution in [1.82, 2.24) is 0 Å². The summed E-state index contributed by atoms with van der Waals surface area (Å²) in [5, 5.41) is 0. The molecule has 51 heavy (non-hydrogen) atoms. The number of ether oxygens (including phenoxy) is 2. The molecule has 6 nitrogen and oxygen atoms in total. The van der Waals surface area contributed by atoms with Gasteiger partial charge in [-0.15, -0.1) is 12.4 Å². The monoisotopic (exact) mass is 804 g/mol. The van der Waals surface area contributed by atoms with Gasteiger partial charge in [0.1, 0.15) is 0 Å². The third kappa shape index (κ3) is 8.85. The van der Waals surface area contributed by atoms with Crippen LogP contribution in [-0.2, 0) is 21.4 Å². The van der Waals surface area contributed by atoms with E-state index in [0.29, 0.717) is 36.8 Å². The number of anilines is 3. The van der Waals surface area contributed by atoms with Crippen molar-refractivity contribution >= 4 is 40.2 Å². The first-order valence-electron chi connectivity index (χ1n) is 18.8. The van der Waals surface area contributed by atoms with Crippen molar-refractivity contribution in [1.29, 1.82) is 0 Å². The van der Waals surface area contributed by atoms with E-state index in [-0.39, 0.29) is 52.0 Å². The Morgan fingerprint density at radius 3 is 1.69 bits per heavy atom. The van der Waals surface area contributed by atoms with Crippen LogP contribution in [0, 0.1) is 5.92 Å². The molecule has 3 aromatic carbocycles. The van der Waals surface area contributed by atoms with Crippen LogP contribution in [0.2, 0.25) is 0 Å². The van der Waals surface area contributed by atoms with Crippen LogP contribution < -0.4 is 19.4 Å². The Morgan fingerprint density at radius 1 is 0.784 bits per heavy atom. The third-order valence-electron chi connectivity index (χ3n) is 9.82. The third-order valence-corrected chi connectivity index (χ3v) is 12.2. The summed E-state index contributed by atoms with van der Waals surface area (Å²) in [5.41, 5.74) is 10.4. The van der Waals surface area contributed by atoms with Crippen LogP contribution in [0.3, 0.4) is 0 Å². The number of para-hydroxylation sites is 3. The molecule has 5 rings (SSSR count). The summed E-state index contributed by atoms with van der Waals surface area (Å²) in [6, 6.07) is 20.1. The van der Waals surface area contributed by atoms with E-state index in [9.17, 15) is 4.79 Å². The fourth-order valence-corrected chi connectivity index (χ4v) is 9.61. The van der Waals surface area contributed by atoms with Crippen molar-refractivity contribution in [2.24, 2.45) is 5.92 Å². The first kappa shape index (κ1) is 40.9. The molecule has 2 aliphatic rings. The minimum absolute atomic E-state index is 0. The van der Waals surface area contributed by atoms with Crippen molar-refractivity contribution in [2.45, 2.75) is 117 Å². The number of hydrogen-bond acceptors (Lipinski definition) is 5. The standard InChI is InChI=1S/C27H39N2.C16H21NO3.ClH.Ru/c1-18(2)22-11-9-12-23(19(3)4)26(22)28-15-16-29(17-28)27-24(20(5)6)13-10-14-25(27)21(7)8;1-5-13-9-17(16(18)19-10-11(2)3)14-8-6-7-12(4)15(14)20-13;;/h9-14,17-21H,15-16H2,1-8H3;4,6-8,11,13H,5,9-10H2,1-3H3;1H;. The van der Waals surface area contributed by atoms with E-state index >= 15 is 0 Å². The molecule has 2 aliphatic heterocycles. The predicted octanol–water partition coefficient (Wildman–Crippen LogP) is 10.9. The van der Waals surface area contributed by atoms with Gasteiger partial charge in [-0.3, -0.25) is 0 Å². The minimum atomic E-state index is -0.338.